The van der Waals surface area contributed by atoms with E-state index in [-0.39, 0.29) is 0 Å². The van der Waals surface area contributed by atoms with Crippen LogP contribution in [0.3, 0.4) is 0 Å². The van der Waals surface area contributed by atoms with Gasteiger partial charge < -0.3 is 5.32 Å². The summed E-state index contributed by atoms with van der Waals surface area (Å²) in [6.45, 7) is 0.650. The van der Waals surface area contributed by atoms with E-state index in [4.69, 9.17) is 23.2 Å². The standard InChI is InChI=1S/C11H9Cl2N3/c12-9-3-1-2-8(6-9)7-14-11-5-4-10(13)15-16-11/h1-6H,7H2,(H,14,16). The second-order valence-corrected chi connectivity index (χ2v) is 4.05. The second-order valence-electron chi connectivity index (χ2n) is 3.22. The Kier molecular flexibility index (Phi) is 3.59. The summed E-state index contributed by atoms with van der Waals surface area (Å²) in [7, 11) is 0. The molecule has 5 heteroatoms. The van der Waals surface area contributed by atoms with Gasteiger partial charge in [-0.3, -0.25) is 0 Å². The van der Waals surface area contributed by atoms with Crippen LogP contribution in [0.4, 0.5) is 5.82 Å². The third-order valence-corrected chi connectivity index (χ3v) is 2.43. The number of nitrogens with one attached hydrogen (secondary N) is 1. The maximum atomic E-state index is 5.87. The fourth-order valence-electron chi connectivity index (χ4n) is 1.25. The minimum atomic E-state index is 0.383. The zero-order valence-electron chi connectivity index (χ0n) is 8.32. The Balaban J connectivity index is 1.99. The molecule has 1 heterocycles. The molecule has 0 unspecified atom stereocenters. The van der Waals surface area contributed by atoms with Crippen molar-refractivity contribution in [2.24, 2.45) is 0 Å². The quantitative estimate of drug-likeness (QED) is 0.912. The van der Waals surface area contributed by atoms with Gasteiger partial charge in [-0.15, -0.1) is 10.2 Å². The average molecular weight is 254 g/mol. The number of hydrogen-bond acceptors (Lipinski definition) is 3. The molecule has 16 heavy (non-hydrogen) atoms. The van der Waals surface area contributed by atoms with E-state index in [1.165, 1.54) is 0 Å². The lowest BCUT2D eigenvalue weighted by atomic mass is 10.2. The molecule has 0 saturated carbocycles. The Morgan fingerprint density at radius 1 is 1.06 bits per heavy atom. The highest BCUT2D eigenvalue weighted by molar-refractivity contribution is 6.30. The molecule has 0 spiro atoms. The fraction of sp³-hybridized carbons (Fsp3) is 0.0909. The molecule has 1 aromatic carbocycles. The van der Waals surface area contributed by atoms with E-state index in [2.05, 4.69) is 15.5 Å². The molecule has 2 aromatic rings. The summed E-state index contributed by atoms with van der Waals surface area (Å²) in [4.78, 5) is 0. The van der Waals surface area contributed by atoms with Gasteiger partial charge in [0.2, 0.25) is 0 Å². The maximum Gasteiger partial charge on any atom is 0.151 e. The molecule has 0 bridgehead atoms. The highest BCUT2D eigenvalue weighted by Gasteiger charge is 1.97. The van der Waals surface area contributed by atoms with Gasteiger partial charge in [0.1, 0.15) is 5.82 Å². The van der Waals surface area contributed by atoms with Crippen LogP contribution >= 0.6 is 23.2 Å². The van der Waals surface area contributed by atoms with Crippen molar-refractivity contribution in [3.05, 3.63) is 52.1 Å². The van der Waals surface area contributed by atoms with Crippen LogP contribution in [-0.4, -0.2) is 10.2 Å². The Morgan fingerprint density at radius 2 is 1.94 bits per heavy atom. The van der Waals surface area contributed by atoms with Crippen molar-refractivity contribution in [1.29, 1.82) is 0 Å². The number of aromatic nitrogens is 2. The number of nitrogens with zero attached hydrogens (tertiary/aromatic N) is 2. The third-order valence-electron chi connectivity index (χ3n) is 1.99. The van der Waals surface area contributed by atoms with Gasteiger partial charge in [0, 0.05) is 11.6 Å². The van der Waals surface area contributed by atoms with Crippen molar-refractivity contribution in [3.8, 4) is 0 Å². The molecule has 0 aliphatic heterocycles. The molecule has 2 rings (SSSR count). The van der Waals surface area contributed by atoms with E-state index in [1.807, 2.05) is 24.3 Å². The van der Waals surface area contributed by atoms with Gasteiger partial charge in [-0.25, -0.2) is 0 Å². The summed E-state index contributed by atoms with van der Waals surface area (Å²) in [5, 5.41) is 11.9. The van der Waals surface area contributed by atoms with Gasteiger partial charge in [0.25, 0.3) is 0 Å². The summed E-state index contributed by atoms with van der Waals surface area (Å²) < 4.78 is 0. The molecule has 0 saturated heterocycles. The summed E-state index contributed by atoms with van der Waals surface area (Å²) >= 11 is 11.5. The minimum absolute atomic E-state index is 0.383. The molecule has 0 amide bonds. The minimum Gasteiger partial charge on any atom is -0.365 e. The van der Waals surface area contributed by atoms with Crippen LogP contribution < -0.4 is 5.32 Å². The lowest BCUT2D eigenvalue weighted by Crippen LogP contribution is -2.01. The summed E-state index contributed by atoms with van der Waals surface area (Å²) in [5.41, 5.74) is 1.09. The SMILES string of the molecule is Clc1cccc(CNc2ccc(Cl)nn2)c1. The zero-order chi connectivity index (χ0) is 11.4. The lowest BCUT2D eigenvalue weighted by molar-refractivity contribution is 1.00. The van der Waals surface area contributed by atoms with Crippen molar-refractivity contribution in [2.45, 2.75) is 6.54 Å². The summed E-state index contributed by atoms with van der Waals surface area (Å²) in [6, 6.07) is 11.1. The van der Waals surface area contributed by atoms with Crippen molar-refractivity contribution in [2.75, 3.05) is 5.32 Å². The Morgan fingerprint density at radius 3 is 2.62 bits per heavy atom. The average Bonchev–Trinajstić information content (AvgIpc) is 2.28. The number of anilines is 1. The molecule has 0 aliphatic rings. The summed E-state index contributed by atoms with van der Waals surface area (Å²) in [5.74, 6) is 0.685. The molecule has 0 aliphatic carbocycles. The van der Waals surface area contributed by atoms with E-state index in [0.29, 0.717) is 17.5 Å². The van der Waals surface area contributed by atoms with Gasteiger partial charge in [-0.05, 0) is 29.8 Å². The predicted octanol–water partition coefficient (Wildman–Crippen LogP) is 3.40. The molecule has 82 valence electrons. The van der Waals surface area contributed by atoms with E-state index in [1.54, 1.807) is 12.1 Å². The van der Waals surface area contributed by atoms with Gasteiger partial charge in [0.05, 0.1) is 0 Å². The van der Waals surface area contributed by atoms with Crippen molar-refractivity contribution < 1.29 is 0 Å². The smallest absolute Gasteiger partial charge is 0.151 e. The molecule has 3 nitrogen and oxygen atoms in total. The van der Waals surface area contributed by atoms with Crippen LogP contribution in [0, 0.1) is 0 Å². The number of rotatable bonds is 3. The van der Waals surface area contributed by atoms with E-state index < -0.39 is 0 Å². The molecule has 0 atom stereocenters. The maximum absolute atomic E-state index is 5.87. The topological polar surface area (TPSA) is 37.8 Å². The first-order chi connectivity index (χ1) is 7.74. The predicted molar refractivity (Wildman–Crippen MR) is 65.8 cm³/mol. The fourth-order valence-corrected chi connectivity index (χ4v) is 1.56. The van der Waals surface area contributed by atoms with Crippen LogP contribution in [0.1, 0.15) is 5.56 Å². The first-order valence-electron chi connectivity index (χ1n) is 4.71. The van der Waals surface area contributed by atoms with Crippen LogP contribution in [0.15, 0.2) is 36.4 Å². The molecular weight excluding hydrogens is 245 g/mol. The Bertz CT molecular complexity index is 471. The third kappa shape index (κ3) is 3.08. The first kappa shape index (κ1) is 11.2. The Hall–Kier alpha value is -1.32. The van der Waals surface area contributed by atoms with E-state index in [9.17, 15) is 0 Å². The van der Waals surface area contributed by atoms with Crippen LogP contribution in [0.25, 0.3) is 0 Å². The van der Waals surface area contributed by atoms with Gasteiger partial charge in [0.15, 0.2) is 5.15 Å². The molecule has 1 N–H and O–H groups in total. The number of benzene rings is 1. The highest BCUT2D eigenvalue weighted by atomic mass is 35.5. The highest BCUT2D eigenvalue weighted by Crippen LogP contribution is 2.12. The lowest BCUT2D eigenvalue weighted by Gasteiger charge is -2.04. The monoisotopic (exact) mass is 253 g/mol. The van der Waals surface area contributed by atoms with Crippen LogP contribution in [0.2, 0.25) is 10.2 Å². The van der Waals surface area contributed by atoms with Crippen LogP contribution in [-0.2, 0) is 6.54 Å². The van der Waals surface area contributed by atoms with Gasteiger partial charge >= 0.3 is 0 Å². The number of hydrogen-bond donors (Lipinski definition) is 1. The van der Waals surface area contributed by atoms with Crippen LogP contribution in [0.5, 0.6) is 0 Å². The van der Waals surface area contributed by atoms with Crippen molar-refractivity contribution in [1.82, 2.24) is 10.2 Å². The molecule has 0 radical (unpaired) electrons. The summed E-state index contributed by atoms with van der Waals surface area (Å²) in [6.07, 6.45) is 0. The number of halogens is 2. The molecule has 1 aromatic heterocycles. The van der Waals surface area contributed by atoms with E-state index in [0.717, 1.165) is 10.6 Å². The second kappa shape index (κ2) is 5.14. The first-order valence-corrected chi connectivity index (χ1v) is 5.47. The molecule has 0 fully saturated rings. The largest absolute Gasteiger partial charge is 0.365 e. The van der Waals surface area contributed by atoms with Crippen molar-refractivity contribution in [3.63, 3.8) is 0 Å². The molecular formula is C11H9Cl2N3. The van der Waals surface area contributed by atoms with Gasteiger partial charge in [-0.2, -0.15) is 0 Å². The zero-order valence-corrected chi connectivity index (χ0v) is 9.83. The Labute approximate surface area is 103 Å². The van der Waals surface area contributed by atoms with Gasteiger partial charge in [-0.1, -0.05) is 35.3 Å². The normalized spacial score (nSPS) is 10.1. The van der Waals surface area contributed by atoms with E-state index >= 15 is 0 Å². The van der Waals surface area contributed by atoms with Crippen molar-refractivity contribution >= 4 is 29.0 Å².